The van der Waals surface area contributed by atoms with E-state index in [4.69, 9.17) is 11.6 Å². The van der Waals surface area contributed by atoms with Gasteiger partial charge >= 0.3 is 0 Å². The highest BCUT2D eigenvalue weighted by Crippen LogP contribution is 2.52. The summed E-state index contributed by atoms with van der Waals surface area (Å²) in [5.41, 5.74) is 6.05. The van der Waals surface area contributed by atoms with E-state index in [1.807, 2.05) is 54.6 Å². The van der Waals surface area contributed by atoms with Crippen molar-refractivity contribution in [2.75, 3.05) is 11.4 Å². The maximum Gasteiger partial charge on any atom is 0.271 e. The van der Waals surface area contributed by atoms with Gasteiger partial charge in [-0.15, -0.1) is 0 Å². The van der Waals surface area contributed by atoms with Crippen LogP contribution >= 0.6 is 11.6 Å². The molecule has 0 unspecified atom stereocenters. The van der Waals surface area contributed by atoms with E-state index >= 15 is 0 Å². The van der Waals surface area contributed by atoms with Crippen LogP contribution in [0.5, 0.6) is 0 Å². The van der Waals surface area contributed by atoms with Crippen LogP contribution in [0.15, 0.2) is 77.0 Å². The van der Waals surface area contributed by atoms with Crippen molar-refractivity contribution in [3.8, 4) is 6.07 Å². The van der Waals surface area contributed by atoms with Crippen molar-refractivity contribution in [3.05, 3.63) is 98.7 Å². The highest BCUT2D eigenvalue weighted by atomic mass is 35.5. The number of amides is 2. The summed E-state index contributed by atoms with van der Waals surface area (Å²) in [5, 5.41) is 10.5. The van der Waals surface area contributed by atoms with Gasteiger partial charge in [0, 0.05) is 33.9 Å². The van der Waals surface area contributed by atoms with Crippen molar-refractivity contribution < 1.29 is 9.59 Å². The van der Waals surface area contributed by atoms with Crippen LogP contribution in [-0.2, 0) is 28.0 Å². The van der Waals surface area contributed by atoms with Crippen molar-refractivity contribution in [3.63, 3.8) is 0 Å². The maximum atomic E-state index is 13.5. The first-order valence-corrected chi connectivity index (χ1v) is 12.2. The van der Waals surface area contributed by atoms with Gasteiger partial charge in [0.1, 0.15) is 11.6 Å². The van der Waals surface area contributed by atoms with Gasteiger partial charge in [-0.1, -0.05) is 55.8 Å². The van der Waals surface area contributed by atoms with Crippen LogP contribution < -0.4 is 4.90 Å². The number of aryl methyl sites for hydroxylation is 1. The van der Waals surface area contributed by atoms with Crippen LogP contribution in [0.4, 0.5) is 5.69 Å². The number of allylic oxidation sites excluding steroid dienone is 3. The van der Waals surface area contributed by atoms with Gasteiger partial charge < -0.3 is 4.90 Å². The molecule has 6 heteroatoms. The van der Waals surface area contributed by atoms with E-state index in [1.54, 1.807) is 13.0 Å². The highest BCUT2D eigenvalue weighted by molar-refractivity contribution is 6.31. The van der Waals surface area contributed by atoms with Gasteiger partial charge in [-0.05, 0) is 66.3 Å². The molecule has 2 aromatic rings. The predicted molar refractivity (Wildman–Crippen MR) is 137 cm³/mol. The lowest BCUT2D eigenvalue weighted by molar-refractivity contribution is -0.141. The topological polar surface area (TPSA) is 64.4 Å². The molecule has 0 saturated heterocycles. The SMILES string of the molecule is CC1=C(C#N)C(=O)N(Cc2ccccc2)C(=O)/C1=C/C=C1\N2CCCc3cc(Cl)cc(c32)C1(C)C. The standard InChI is InChI=1S/C29H26ClN3O2/c1-18-22(27(34)33(28(35)23(18)16-31)17-19-8-5-4-6-9-19)11-12-25-29(2,3)24-15-21(30)14-20-10-7-13-32(25)26(20)24/h4-6,8-9,11-12,14-15H,7,10,13,17H2,1-3H3/b22-11+,25-12-. The Morgan fingerprint density at radius 3 is 2.57 bits per heavy atom. The summed E-state index contributed by atoms with van der Waals surface area (Å²) in [7, 11) is 0. The number of carbonyl (C=O) groups is 2. The minimum Gasteiger partial charge on any atom is -0.344 e. The molecule has 3 aliphatic rings. The summed E-state index contributed by atoms with van der Waals surface area (Å²) in [5.74, 6) is -0.935. The summed E-state index contributed by atoms with van der Waals surface area (Å²) in [4.78, 5) is 30.0. The van der Waals surface area contributed by atoms with Gasteiger partial charge in [-0.25, -0.2) is 0 Å². The molecular formula is C29H26ClN3O2. The van der Waals surface area contributed by atoms with Crippen LogP contribution in [-0.4, -0.2) is 23.3 Å². The minimum absolute atomic E-state index is 0.00573. The van der Waals surface area contributed by atoms with Crippen molar-refractivity contribution in [2.24, 2.45) is 0 Å². The number of nitrogens with zero attached hydrogens (tertiary/aromatic N) is 3. The molecule has 0 bridgehead atoms. The molecule has 176 valence electrons. The lowest BCUT2D eigenvalue weighted by atomic mass is 9.82. The van der Waals surface area contributed by atoms with Gasteiger partial charge in [0.05, 0.1) is 6.54 Å². The zero-order valence-electron chi connectivity index (χ0n) is 20.1. The van der Waals surface area contributed by atoms with Gasteiger partial charge in [-0.2, -0.15) is 5.26 Å². The summed E-state index contributed by atoms with van der Waals surface area (Å²) in [6.07, 6.45) is 5.77. The largest absolute Gasteiger partial charge is 0.344 e. The molecule has 3 heterocycles. The number of nitriles is 1. The molecule has 0 N–H and O–H groups in total. The van der Waals surface area contributed by atoms with Crippen LogP contribution in [0.1, 0.15) is 43.9 Å². The molecule has 3 aliphatic heterocycles. The Morgan fingerprint density at radius 2 is 1.86 bits per heavy atom. The maximum absolute atomic E-state index is 13.5. The molecule has 0 fully saturated rings. The number of carbonyl (C=O) groups excluding carboxylic acids is 2. The second kappa shape index (κ2) is 8.55. The molecule has 0 atom stereocenters. The van der Waals surface area contributed by atoms with Gasteiger partial charge in [0.25, 0.3) is 11.8 Å². The van der Waals surface area contributed by atoms with E-state index in [0.29, 0.717) is 11.1 Å². The molecule has 0 aliphatic carbocycles. The smallest absolute Gasteiger partial charge is 0.271 e. The van der Waals surface area contributed by atoms with Gasteiger partial charge in [0.2, 0.25) is 0 Å². The van der Waals surface area contributed by atoms with E-state index < -0.39 is 5.91 Å². The number of rotatable bonds is 3. The number of hydrogen-bond donors (Lipinski definition) is 0. The Labute approximate surface area is 210 Å². The zero-order valence-corrected chi connectivity index (χ0v) is 20.8. The molecule has 5 rings (SSSR count). The molecule has 2 amide bonds. The van der Waals surface area contributed by atoms with E-state index in [1.165, 1.54) is 21.7 Å². The monoisotopic (exact) mass is 483 g/mol. The number of imide groups is 1. The fraction of sp³-hybridized carbons (Fsp3) is 0.276. The lowest BCUT2D eigenvalue weighted by Gasteiger charge is -2.30. The summed E-state index contributed by atoms with van der Waals surface area (Å²) in [6, 6.07) is 15.4. The van der Waals surface area contributed by atoms with E-state index in [2.05, 4.69) is 18.7 Å². The zero-order chi connectivity index (χ0) is 24.9. The number of hydrogen-bond acceptors (Lipinski definition) is 4. The Morgan fingerprint density at radius 1 is 1.11 bits per heavy atom. The van der Waals surface area contributed by atoms with Crippen molar-refractivity contribution in [2.45, 2.75) is 45.6 Å². The average Bonchev–Trinajstić information content (AvgIpc) is 3.05. The predicted octanol–water partition coefficient (Wildman–Crippen LogP) is 5.60. The van der Waals surface area contributed by atoms with Crippen LogP contribution in [0.3, 0.4) is 0 Å². The van der Waals surface area contributed by atoms with Crippen molar-refractivity contribution in [1.82, 2.24) is 4.90 Å². The first-order chi connectivity index (χ1) is 16.7. The summed E-state index contributed by atoms with van der Waals surface area (Å²) in [6.45, 7) is 7.02. The number of anilines is 1. The molecule has 5 nitrogen and oxygen atoms in total. The quantitative estimate of drug-likeness (QED) is 0.421. The van der Waals surface area contributed by atoms with Crippen LogP contribution in [0, 0.1) is 11.3 Å². The fourth-order valence-electron chi connectivity index (χ4n) is 5.42. The first-order valence-electron chi connectivity index (χ1n) is 11.8. The molecule has 0 spiro atoms. The fourth-order valence-corrected chi connectivity index (χ4v) is 5.66. The lowest BCUT2D eigenvalue weighted by Crippen LogP contribution is -2.42. The minimum atomic E-state index is -0.549. The molecule has 0 aromatic heterocycles. The molecular weight excluding hydrogens is 458 g/mol. The Kier molecular flexibility index (Phi) is 5.65. The first kappa shape index (κ1) is 23.1. The average molecular weight is 484 g/mol. The van der Waals surface area contributed by atoms with Crippen LogP contribution in [0.2, 0.25) is 5.02 Å². The Balaban J connectivity index is 1.59. The Hall–Kier alpha value is -3.62. The van der Waals surface area contributed by atoms with E-state index in [0.717, 1.165) is 35.7 Å². The third-order valence-electron chi connectivity index (χ3n) is 7.27. The third-order valence-corrected chi connectivity index (χ3v) is 7.49. The van der Waals surface area contributed by atoms with E-state index in [9.17, 15) is 14.9 Å². The second-order valence-corrected chi connectivity index (χ2v) is 10.2. The molecule has 35 heavy (non-hydrogen) atoms. The highest BCUT2D eigenvalue weighted by Gasteiger charge is 2.43. The van der Waals surface area contributed by atoms with Gasteiger partial charge in [-0.3, -0.25) is 14.5 Å². The van der Waals surface area contributed by atoms with E-state index in [-0.39, 0.29) is 23.4 Å². The third kappa shape index (κ3) is 3.69. The second-order valence-electron chi connectivity index (χ2n) is 9.77. The molecule has 2 aromatic carbocycles. The van der Waals surface area contributed by atoms with Crippen molar-refractivity contribution >= 4 is 29.1 Å². The summed E-state index contributed by atoms with van der Waals surface area (Å²) >= 11 is 6.45. The van der Waals surface area contributed by atoms with Crippen LogP contribution in [0.25, 0.3) is 0 Å². The molecule has 0 saturated carbocycles. The number of benzene rings is 2. The number of halogens is 1. The molecule has 0 radical (unpaired) electrons. The normalized spacial score (nSPS) is 21.1. The van der Waals surface area contributed by atoms with Gasteiger partial charge in [0.15, 0.2) is 0 Å². The van der Waals surface area contributed by atoms with Crippen molar-refractivity contribution in [1.29, 1.82) is 5.26 Å². The Bertz CT molecular complexity index is 1390. The summed E-state index contributed by atoms with van der Waals surface area (Å²) < 4.78 is 0.